The summed E-state index contributed by atoms with van der Waals surface area (Å²) in [5.74, 6) is 0.398. The van der Waals surface area contributed by atoms with Crippen LogP contribution in [0.5, 0.6) is 0 Å². The van der Waals surface area contributed by atoms with Crippen molar-refractivity contribution in [2.75, 3.05) is 20.2 Å². The fraction of sp³-hybridized carbons (Fsp3) is 0.316. The number of benzene rings is 2. The zero-order valence-electron chi connectivity index (χ0n) is 14.1. The van der Waals surface area contributed by atoms with Crippen LogP contribution >= 0.6 is 0 Å². The van der Waals surface area contributed by atoms with E-state index in [4.69, 9.17) is 4.74 Å². The van der Waals surface area contributed by atoms with Crippen LogP contribution < -0.4 is 10.6 Å². The smallest absolute Gasteiger partial charge is 0.191 e. The number of ether oxygens (including phenoxy) is 1. The molecule has 24 heavy (non-hydrogen) atoms. The Morgan fingerprint density at radius 3 is 2.46 bits per heavy atom. The van der Waals surface area contributed by atoms with E-state index >= 15 is 0 Å². The summed E-state index contributed by atoms with van der Waals surface area (Å²) >= 11 is 0. The van der Waals surface area contributed by atoms with Crippen molar-refractivity contribution in [2.45, 2.75) is 19.6 Å². The van der Waals surface area contributed by atoms with Gasteiger partial charge in [0.2, 0.25) is 0 Å². The van der Waals surface area contributed by atoms with Gasteiger partial charge in [0, 0.05) is 25.8 Å². The summed E-state index contributed by atoms with van der Waals surface area (Å²) in [6.07, 6.45) is -0.0801. The summed E-state index contributed by atoms with van der Waals surface area (Å²) in [5, 5.41) is 6.42. The van der Waals surface area contributed by atoms with E-state index in [2.05, 4.69) is 15.6 Å². The average Bonchev–Trinajstić information content (AvgIpc) is 2.62. The number of methoxy groups -OCH3 is 1. The monoisotopic (exact) mass is 329 g/mol. The maximum absolute atomic E-state index is 13.7. The molecule has 0 spiro atoms. The maximum Gasteiger partial charge on any atom is 0.191 e. The highest BCUT2D eigenvalue weighted by molar-refractivity contribution is 5.79. The van der Waals surface area contributed by atoms with Crippen molar-refractivity contribution in [3.8, 4) is 0 Å². The molecular formula is C19H24FN3O. The van der Waals surface area contributed by atoms with Crippen molar-refractivity contribution in [1.29, 1.82) is 0 Å². The molecule has 0 fully saturated rings. The number of rotatable bonds is 7. The van der Waals surface area contributed by atoms with E-state index in [9.17, 15) is 4.39 Å². The van der Waals surface area contributed by atoms with E-state index in [0.29, 0.717) is 18.1 Å². The van der Waals surface area contributed by atoms with Gasteiger partial charge in [0.1, 0.15) is 5.82 Å². The highest BCUT2D eigenvalue weighted by atomic mass is 19.1. The molecule has 0 saturated carbocycles. The van der Waals surface area contributed by atoms with Gasteiger partial charge in [-0.15, -0.1) is 0 Å². The van der Waals surface area contributed by atoms with E-state index in [1.54, 1.807) is 19.2 Å². The SMILES string of the molecule is CCNC(=NCc1ccccc1F)NCC(OC)c1ccccc1. The van der Waals surface area contributed by atoms with Crippen LogP contribution in [0.25, 0.3) is 0 Å². The molecule has 2 aromatic rings. The Bertz CT molecular complexity index is 646. The summed E-state index contributed by atoms with van der Waals surface area (Å²) in [5.41, 5.74) is 1.67. The zero-order valence-corrected chi connectivity index (χ0v) is 14.1. The van der Waals surface area contributed by atoms with Gasteiger partial charge in [-0.3, -0.25) is 0 Å². The van der Waals surface area contributed by atoms with Crippen LogP contribution in [0.15, 0.2) is 59.6 Å². The molecular weight excluding hydrogens is 305 g/mol. The van der Waals surface area contributed by atoms with Crippen LogP contribution in [0.2, 0.25) is 0 Å². The number of guanidine groups is 1. The van der Waals surface area contributed by atoms with Crippen molar-refractivity contribution >= 4 is 5.96 Å². The quantitative estimate of drug-likeness (QED) is 0.605. The summed E-state index contributed by atoms with van der Waals surface area (Å²) in [6.45, 7) is 3.58. The van der Waals surface area contributed by atoms with Crippen LogP contribution in [0.1, 0.15) is 24.2 Å². The van der Waals surface area contributed by atoms with Crippen LogP contribution in [-0.2, 0) is 11.3 Å². The lowest BCUT2D eigenvalue weighted by Gasteiger charge is -2.18. The van der Waals surface area contributed by atoms with Crippen LogP contribution in [0.3, 0.4) is 0 Å². The average molecular weight is 329 g/mol. The molecule has 1 atom stereocenters. The van der Waals surface area contributed by atoms with Gasteiger partial charge >= 0.3 is 0 Å². The van der Waals surface area contributed by atoms with Gasteiger partial charge in [0.15, 0.2) is 5.96 Å². The van der Waals surface area contributed by atoms with Crippen LogP contribution in [-0.4, -0.2) is 26.2 Å². The molecule has 2 N–H and O–H groups in total. The fourth-order valence-corrected chi connectivity index (χ4v) is 2.33. The third kappa shape index (κ3) is 5.35. The predicted octanol–water partition coefficient (Wildman–Crippen LogP) is 3.27. The first kappa shape index (κ1) is 17.9. The molecule has 0 bridgehead atoms. The fourth-order valence-electron chi connectivity index (χ4n) is 2.33. The van der Waals surface area contributed by atoms with Gasteiger partial charge in [0.05, 0.1) is 12.6 Å². The Labute approximate surface area is 142 Å². The molecule has 0 saturated heterocycles. The Kier molecular flexibility index (Phi) is 7.23. The van der Waals surface area contributed by atoms with Gasteiger partial charge in [-0.1, -0.05) is 48.5 Å². The molecule has 0 aliphatic rings. The lowest BCUT2D eigenvalue weighted by molar-refractivity contribution is 0.106. The first-order valence-electron chi connectivity index (χ1n) is 8.08. The zero-order chi connectivity index (χ0) is 17.2. The normalized spacial score (nSPS) is 12.7. The number of hydrogen-bond acceptors (Lipinski definition) is 2. The minimum atomic E-state index is -0.240. The first-order valence-corrected chi connectivity index (χ1v) is 8.08. The van der Waals surface area contributed by atoms with E-state index in [1.165, 1.54) is 6.07 Å². The summed E-state index contributed by atoms with van der Waals surface area (Å²) in [7, 11) is 1.68. The van der Waals surface area contributed by atoms with Crippen molar-refractivity contribution in [3.63, 3.8) is 0 Å². The molecule has 5 heteroatoms. The van der Waals surface area contributed by atoms with Gasteiger partial charge in [-0.05, 0) is 18.6 Å². The van der Waals surface area contributed by atoms with Crippen molar-refractivity contribution < 1.29 is 9.13 Å². The number of halogens is 1. The lowest BCUT2D eigenvalue weighted by atomic mass is 10.1. The third-order valence-electron chi connectivity index (χ3n) is 3.62. The lowest BCUT2D eigenvalue weighted by Crippen LogP contribution is -2.39. The van der Waals surface area contributed by atoms with Crippen molar-refractivity contribution in [2.24, 2.45) is 4.99 Å². The maximum atomic E-state index is 13.7. The van der Waals surface area contributed by atoms with Crippen molar-refractivity contribution in [3.05, 3.63) is 71.5 Å². The minimum absolute atomic E-state index is 0.0801. The van der Waals surface area contributed by atoms with E-state index in [1.807, 2.05) is 43.3 Å². The summed E-state index contributed by atoms with van der Waals surface area (Å²) in [6, 6.07) is 16.7. The van der Waals surface area contributed by atoms with Crippen LogP contribution in [0, 0.1) is 5.82 Å². The number of aliphatic imine (C=N–C) groups is 1. The second-order valence-electron chi connectivity index (χ2n) is 5.30. The molecule has 0 aliphatic carbocycles. The van der Waals surface area contributed by atoms with Gasteiger partial charge < -0.3 is 15.4 Å². The van der Waals surface area contributed by atoms with Gasteiger partial charge in [0.25, 0.3) is 0 Å². The highest BCUT2D eigenvalue weighted by Crippen LogP contribution is 2.14. The Hall–Kier alpha value is -2.40. The Morgan fingerprint density at radius 2 is 1.79 bits per heavy atom. The number of hydrogen-bond donors (Lipinski definition) is 2. The van der Waals surface area contributed by atoms with E-state index in [0.717, 1.165) is 12.1 Å². The minimum Gasteiger partial charge on any atom is -0.375 e. The van der Waals surface area contributed by atoms with Crippen LogP contribution in [0.4, 0.5) is 4.39 Å². The summed E-state index contributed by atoms with van der Waals surface area (Å²) in [4.78, 5) is 4.44. The standard InChI is InChI=1S/C19H24FN3O/c1-3-21-19(22-13-16-11-7-8-12-17(16)20)23-14-18(24-2)15-9-5-4-6-10-15/h4-12,18H,3,13-14H2,1-2H3,(H2,21,22,23). The summed E-state index contributed by atoms with van der Waals surface area (Å²) < 4.78 is 19.2. The second kappa shape index (κ2) is 9.67. The molecule has 0 radical (unpaired) electrons. The molecule has 0 amide bonds. The molecule has 2 rings (SSSR count). The molecule has 4 nitrogen and oxygen atoms in total. The van der Waals surface area contributed by atoms with Crippen molar-refractivity contribution in [1.82, 2.24) is 10.6 Å². The van der Waals surface area contributed by atoms with E-state index in [-0.39, 0.29) is 18.5 Å². The highest BCUT2D eigenvalue weighted by Gasteiger charge is 2.10. The number of nitrogens with zero attached hydrogens (tertiary/aromatic N) is 1. The van der Waals surface area contributed by atoms with Gasteiger partial charge in [-0.2, -0.15) is 0 Å². The molecule has 1 unspecified atom stereocenters. The molecule has 0 aromatic heterocycles. The predicted molar refractivity (Wildman–Crippen MR) is 95.4 cm³/mol. The largest absolute Gasteiger partial charge is 0.375 e. The third-order valence-corrected chi connectivity index (χ3v) is 3.62. The molecule has 128 valence electrons. The molecule has 0 aliphatic heterocycles. The van der Waals surface area contributed by atoms with E-state index < -0.39 is 0 Å². The first-order chi connectivity index (χ1) is 11.7. The Balaban J connectivity index is 2.00. The van der Waals surface area contributed by atoms with Gasteiger partial charge in [-0.25, -0.2) is 9.38 Å². The second-order valence-corrected chi connectivity index (χ2v) is 5.30. The molecule has 2 aromatic carbocycles. The Morgan fingerprint density at radius 1 is 1.08 bits per heavy atom. The topological polar surface area (TPSA) is 45.7 Å². The molecule has 0 heterocycles. The number of nitrogens with one attached hydrogen (secondary N) is 2.